The van der Waals surface area contributed by atoms with E-state index in [4.69, 9.17) is 4.74 Å². The minimum Gasteiger partial charge on any atom is -0.374 e. The van der Waals surface area contributed by atoms with Gasteiger partial charge in [0.2, 0.25) is 0 Å². The van der Waals surface area contributed by atoms with Crippen molar-refractivity contribution in [2.24, 2.45) is 0 Å². The lowest BCUT2D eigenvalue weighted by Gasteiger charge is -2.27. The minimum absolute atomic E-state index is 0.0330. The van der Waals surface area contributed by atoms with Crippen molar-refractivity contribution in [3.05, 3.63) is 108 Å². The number of rotatable bonds is 8. The monoisotopic (exact) mass is 476 g/mol. The predicted molar refractivity (Wildman–Crippen MR) is 137 cm³/mol. The molecule has 1 saturated heterocycles. The normalized spacial score (nSPS) is 18.2. The lowest BCUT2D eigenvalue weighted by molar-refractivity contribution is 0.0321. The van der Waals surface area contributed by atoms with Gasteiger partial charge in [0.15, 0.2) is 11.6 Å². The Hall–Kier alpha value is -3.11. The van der Waals surface area contributed by atoms with Crippen LogP contribution in [-0.2, 0) is 11.2 Å². The van der Waals surface area contributed by atoms with Crippen LogP contribution in [0.15, 0.2) is 79.4 Å². The zero-order valence-corrected chi connectivity index (χ0v) is 20.1. The smallest absolute Gasteiger partial charge is 0.166 e. The van der Waals surface area contributed by atoms with Crippen LogP contribution < -0.4 is 0 Å². The third-order valence-corrected chi connectivity index (χ3v) is 6.67. The summed E-state index contributed by atoms with van der Waals surface area (Å²) in [5.41, 5.74) is 3.34. The van der Waals surface area contributed by atoms with E-state index in [9.17, 15) is 13.2 Å². The fourth-order valence-electron chi connectivity index (χ4n) is 4.55. The van der Waals surface area contributed by atoms with E-state index in [1.807, 2.05) is 24.3 Å². The maximum absolute atomic E-state index is 14.9. The van der Waals surface area contributed by atoms with Crippen LogP contribution in [-0.4, -0.2) is 12.7 Å². The van der Waals surface area contributed by atoms with E-state index < -0.39 is 11.6 Å². The van der Waals surface area contributed by atoms with Gasteiger partial charge in [-0.25, -0.2) is 13.2 Å². The van der Waals surface area contributed by atoms with Crippen LogP contribution >= 0.6 is 0 Å². The Morgan fingerprint density at radius 3 is 2.29 bits per heavy atom. The Labute approximate surface area is 206 Å². The average molecular weight is 477 g/mol. The lowest BCUT2D eigenvalue weighted by atomic mass is 9.89. The highest BCUT2D eigenvalue weighted by atomic mass is 19.2. The Bertz CT molecular complexity index is 1190. The van der Waals surface area contributed by atoms with Gasteiger partial charge in [-0.1, -0.05) is 80.1 Å². The maximum Gasteiger partial charge on any atom is 0.166 e. The summed E-state index contributed by atoms with van der Waals surface area (Å²) in [6.07, 6.45) is 9.70. The van der Waals surface area contributed by atoms with Gasteiger partial charge in [-0.15, -0.1) is 6.58 Å². The van der Waals surface area contributed by atoms with Gasteiger partial charge in [0.1, 0.15) is 5.82 Å². The first-order valence-corrected chi connectivity index (χ1v) is 12.3. The molecule has 4 heteroatoms. The maximum atomic E-state index is 14.9. The summed E-state index contributed by atoms with van der Waals surface area (Å²) in [6, 6.07) is 15.6. The van der Waals surface area contributed by atoms with Crippen LogP contribution in [0.5, 0.6) is 0 Å². The second-order valence-electron chi connectivity index (χ2n) is 9.06. The van der Waals surface area contributed by atoms with Crippen molar-refractivity contribution in [1.29, 1.82) is 0 Å². The highest BCUT2D eigenvalue weighted by Crippen LogP contribution is 2.33. The Morgan fingerprint density at radius 1 is 0.886 bits per heavy atom. The van der Waals surface area contributed by atoms with E-state index in [0.717, 1.165) is 36.8 Å². The molecule has 4 rings (SSSR count). The first-order valence-electron chi connectivity index (χ1n) is 12.3. The molecule has 35 heavy (non-hydrogen) atoms. The third-order valence-electron chi connectivity index (χ3n) is 6.67. The Morgan fingerprint density at radius 2 is 1.63 bits per heavy atom. The van der Waals surface area contributed by atoms with Crippen LogP contribution in [0.4, 0.5) is 13.2 Å². The molecule has 3 aromatic rings. The van der Waals surface area contributed by atoms with Crippen molar-refractivity contribution >= 4 is 0 Å². The second kappa shape index (κ2) is 11.5. The Kier molecular flexibility index (Phi) is 8.25. The SMILES string of the molecule is C=CC1CCC(c2ccc(-c3ccc(-c4ccc(C/C=C\CCC)c(F)c4F)cc3)cc2F)CO1. The molecule has 1 nitrogen and oxygen atoms in total. The van der Waals surface area contributed by atoms with Gasteiger partial charge in [-0.2, -0.15) is 0 Å². The van der Waals surface area contributed by atoms with Gasteiger partial charge in [0.25, 0.3) is 0 Å². The van der Waals surface area contributed by atoms with Crippen molar-refractivity contribution in [1.82, 2.24) is 0 Å². The molecule has 1 aliphatic heterocycles. The average Bonchev–Trinajstić information content (AvgIpc) is 2.89. The van der Waals surface area contributed by atoms with E-state index in [0.29, 0.717) is 29.7 Å². The fraction of sp³-hybridized carbons (Fsp3) is 0.290. The van der Waals surface area contributed by atoms with E-state index >= 15 is 0 Å². The fourth-order valence-corrected chi connectivity index (χ4v) is 4.55. The van der Waals surface area contributed by atoms with E-state index in [1.54, 1.807) is 42.5 Å². The van der Waals surface area contributed by atoms with E-state index in [2.05, 4.69) is 13.5 Å². The van der Waals surface area contributed by atoms with Crippen LogP contribution in [0.1, 0.15) is 49.7 Å². The van der Waals surface area contributed by atoms with Crippen molar-refractivity contribution in [2.45, 2.75) is 51.0 Å². The highest BCUT2D eigenvalue weighted by molar-refractivity contribution is 5.71. The van der Waals surface area contributed by atoms with Crippen molar-refractivity contribution in [2.75, 3.05) is 6.61 Å². The summed E-state index contributed by atoms with van der Waals surface area (Å²) in [4.78, 5) is 0. The van der Waals surface area contributed by atoms with Gasteiger partial charge in [-0.3, -0.25) is 0 Å². The van der Waals surface area contributed by atoms with Crippen molar-refractivity contribution in [3.8, 4) is 22.3 Å². The van der Waals surface area contributed by atoms with E-state index in [1.165, 1.54) is 6.07 Å². The molecule has 0 bridgehead atoms. The molecular formula is C31H31F3O. The summed E-state index contributed by atoms with van der Waals surface area (Å²) in [5, 5.41) is 0. The largest absolute Gasteiger partial charge is 0.374 e. The van der Waals surface area contributed by atoms with Crippen LogP contribution in [0.25, 0.3) is 22.3 Å². The summed E-state index contributed by atoms with van der Waals surface area (Å²) < 4.78 is 50.1. The molecule has 1 fully saturated rings. The molecule has 0 amide bonds. The first-order chi connectivity index (χ1) is 17.0. The molecule has 0 radical (unpaired) electrons. The highest BCUT2D eigenvalue weighted by Gasteiger charge is 2.23. The number of ether oxygens (including phenoxy) is 1. The standard InChI is InChI=1S/C31H31F3O/c1-3-5-6-7-8-23-14-18-28(31(34)30(23)33)22-11-9-21(10-12-22)24-15-17-27(29(32)19-24)25-13-16-26(4-2)35-20-25/h4,6-7,9-12,14-15,17-19,25-26H,2-3,5,8,13,16,20H2,1H3/b7-6-. The molecule has 2 atom stereocenters. The summed E-state index contributed by atoms with van der Waals surface area (Å²) >= 11 is 0. The quantitative estimate of drug-likeness (QED) is 0.295. The first kappa shape index (κ1) is 25.0. The van der Waals surface area contributed by atoms with Gasteiger partial charge < -0.3 is 4.74 Å². The molecule has 2 unspecified atom stereocenters. The number of allylic oxidation sites excluding steroid dienone is 2. The van der Waals surface area contributed by atoms with Crippen LogP contribution in [0.3, 0.4) is 0 Å². The number of hydrogen-bond acceptors (Lipinski definition) is 1. The van der Waals surface area contributed by atoms with Crippen LogP contribution in [0, 0.1) is 17.5 Å². The van der Waals surface area contributed by atoms with Gasteiger partial charge in [0.05, 0.1) is 12.7 Å². The number of hydrogen-bond donors (Lipinski definition) is 0. The summed E-state index contributed by atoms with van der Waals surface area (Å²) in [6.45, 7) is 6.31. The molecule has 0 saturated carbocycles. The van der Waals surface area contributed by atoms with Crippen LogP contribution in [0.2, 0.25) is 0 Å². The third kappa shape index (κ3) is 5.76. The summed E-state index contributed by atoms with van der Waals surface area (Å²) in [7, 11) is 0. The Balaban J connectivity index is 1.50. The molecule has 0 aromatic heterocycles. The minimum atomic E-state index is -0.845. The molecule has 1 heterocycles. The number of unbranched alkanes of at least 4 members (excludes halogenated alkanes) is 1. The topological polar surface area (TPSA) is 9.23 Å². The van der Waals surface area contributed by atoms with Gasteiger partial charge >= 0.3 is 0 Å². The van der Waals surface area contributed by atoms with E-state index in [-0.39, 0.29) is 23.4 Å². The van der Waals surface area contributed by atoms with Gasteiger partial charge in [0, 0.05) is 11.5 Å². The van der Waals surface area contributed by atoms with Gasteiger partial charge in [-0.05, 0) is 59.6 Å². The zero-order chi connectivity index (χ0) is 24.8. The molecule has 0 spiro atoms. The molecule has 3 aromatic carbocycles. The molecule has 182 valence electrons. The molecule has 0 N–H and O–H groups in total. The lowest BCUT2D eigenvalue weighted by Crippen LogP contribution is -2.23. The van der Waals surface area contributed by atoms with Crippen molar-refractivity contribution < 1.29 is 17.9 Å². The molecule has 1 aliphatic rings. The zero-order valence-electron chi connectivity index (χ0n) is 20.1. The number of benzene rings is 3. The second-order valence-corrected chi connectivity index (χ2v) is 9.06. The molecular weight excluding hydrogens is 445 g/mol. The predicted octanol–water partition coefficient (Wildman–Crippen LogP) is 8.79. The molecule has 0 aliphatic carbocycles. The van der Waals surface area contributed by atoms with Crippen molar-refractivity contribution in [3.63, 3.8) is 0 Å². The number of halogens is 3. The summed E-state index contributed by atoms with van der Waals surface area (Å²) in [5.74, 6) is -1.88.